The van der Waals surface area contributed by atoms with Gasteiger partial charge in [-0.05, 0) is 29.8 Å². The molecule has 1 saturated heterocycles. The fourth-order valence-electron chi connectivity index (χ4n) is 3.26. The molecule has 0 N–H and O–H groups in total. The van der Waals surface area contributed by atoms with Crippen molar-refractivity contribution in [2.45, 2.75) is 12.8 Å². The van der Waals surface area contributed by atoms with Crippen LogP contribution in [0.3, 0.4) is 0 Å². The summed E-state index contributed by atoms with van der Waals surface area (Å²) in [5.41, 5.74) is 3.35. The lowest BCUT2D eigenvalue weighted by atomic mass is 10.1. The van der Waals surface area contributed by atoms with Gasteiger partial charge in [0.25, 0.3) is 0 Å². The first-order valence-electron chi connectivity index (χ1n) is 8.69. The Morgan fingerprint density at radius 3 is 3.00 bits per heavy atom. The lowest BCUT2D eigenvalue weighted by Gasteiger charge is -2.25. The molecule has 7 heteroatoms. The first kappa shape index (κ1) is 17.1. The minimum atomic E-state index is -0.305. The maximum atomic E-state index is 9.04. The molecule has 1 aliphatic heterocycles. The largest absolute Gasteiger partial charge is 0.495 e. The number of anilines is 1. The van der Waals surface area contributed by atoms with Gasteiger partial charge in [0.1, 0.15) is 11.4 Å². The molecule has 0 amide bonds. The Morgan fingerprint density at radius 1 is 1.26 bits per heavy atom. The van der Waals surface area contributed by atoms with Gasteiger partial charge in [0, 0.05) is 6.54 Å². The van der Waals surface area contributed by atoms with E-state index in [0.717, 1.165) is 29.2 Å². The maximum Gasteiger partial charge on any atom is 0.177 e. The van der Waals surface area contributed by atoms with Crippen molar-refractivity contribution < 1.29 is 9.47 Å². The predicted octanol–water partition coefficient (Wildman–Crippen LogP) is 2.74. The molecule has 0 spiro atoms. The minimum Gasteiger partial charge on any atom is -0.495 e. The number of para-hydroxylation sites is 2. The van der Waals surface area contributed by atoms with Crippen molar-refractivity contribution >= 4 is 5.69 Å². The van der Waals surface area contributed by atoms with E-state index in [0.29, 0.717) is 18.7 Å². The number of hydrogen-bond donors (Lipinski definition) is 0. The highest BCUT2D eigenvalue weighted by atomic mass is 16.5. The van der Waals surface area contributed by atoms with Crippen molar-refractivity contribution in [3.63, 3.8) is 0 Å². The van der Waals surface area contributed by atoms with Crippen LogP contribution in [0.2, 0.25) is 0 Å². The Kier molecular flexibility index (Phi) is 4.73. The Balaban J connectivity index is 1.56. The molecule has 0 radical (unpaired) electrons. The first-order valence-corrected chi connectivity index (χ1v) is 8.69. The molecule has 0 aliphatic carbocycles. The molecule has 1 fully saturated rings. The van der Waals surface area contributed by atoms with Gasteiger partial charge >= 0.3 is 0 Å². The van der Waals surface area contributed by atoms with Gasteiger partial charge in [-0.2, -0.15) is 5.26 Å². The number of nitrogens with zero attached hydrogens (tertiary/aromatic N) is 5. The highest BCUT2D eigenvalue weighted by Gasteiger charge is 2.31. The summed E-state index contributed by atoms with van der Waals surface area (Å²) in [5.74, 6) is 0.800. The van der Waals surface area contributed by atoms with Gasteiger partial charge in [0.05, 0.1) is 43.8 Å². The number of rotatable bonds is 5. The molecule has 2 heterocycles. The molecule has 3 aromatic rings. The summed E-state index contributed by atoms with van der Waals surface area (Å²) in [5, 5.41) is 17.6. The lowest BCUT2D eigenvalue weighted by Crippen LogP contribution is -2.24. The number of benzene rings is 2. The van der Waals surface area contributed by atoms with E-state index < -0.39 is 0 Å². The van der Waals surface area contributed by atoms with Gasteiger partial charge in [0.2, 0.25) is 0 Å². The molecule has 27 heavy (non-hydrogen) atoms. The molecule has 0 bridgehead atoms. The molecule has 136 valence electrons. The van der Waals surface area contributed by atoms with E-state index >= 15 is 0 Å². The van der Waals surface area contributed by atoms with Gasteiger partial charge in [-0.1, -0.05) is 29.5 Å². The van der Waals surface area contributed by atoms with Crippen LogP contribution in [-0.4, -0.2) is 35.3 Å². The van der Waals surface area contributed by atoms with Gasteiger partial charge in [-0.25, -0.2) is 4.68 Å². The summed E-state index contributed by atoms with van der Waals surface area (Å²) >= 11 is 0. The third kappa shape index (κ3) is 3.48. The molecule has 1 atom stereocenters. The summed E-state index contributed by atoms with van der Waals surface area (Å²) in [6, 6.07) is 17.5. The van der Waals surface area contributed by atoms with Gasteiger partial charge in [-0.3, -0.25) is 0 Å². The third-order valence-corrected chi connectivity index (χ3v) is 4.50. The van der Waals surface area contributed by atoms with E-state index in [2.05, 4.69) is 21.3 Å². The van der Waals surface area contributed by atoms with Crippen LogP contribution in [0.15, 0.2) is 54.7 Å². The van der Waals surface area contributed by atoms with Gasteiger partial charge in [0.15, 0.2) is 6.23 Å². The number of ether oxygens (including phenoxy) is 2. The zero-order valence-corrected chi connectivity index (χ0v) is 14.9. The highest BCUT2D eigenvalue weighted by Crippen LogP contribution is 2.36. The lowest BCUT2D eigenvalue weighted by molar-refractivity contribution is 0.110. The van der Waals surface area contributed by atoms with Gasteiger partial charge < -0.3 is 14.4 Å². The zero-order chi connectivity index (χ0) is 18.6. The van der Waals surface area contributed by atoms with Crippen LogP contribution in [0, 0.1) is 11.3 Å². The van der Waals surface area contributed by atoms with Crippen molar-refractivity contribution in [2.24, 2.45) is 0 Å². The molecule has 1 aliphatic rings. The molecular weight excluding hydrogens is 342 g/mol. The van der Waals surface area contributed by atoms with Crippen molar-refractivity contribution in [1.82, 2.24) is 15.0 Å². The fourth-order valence-corrected chi connectivity index (χ4v) is 3.26. The van der Waals surface area contributed by atoms with Crippen LogP contribution in [0.25, 0.3) is 0 Å². The second-order valence-electron chi connectivity index (χ2n) is 6.24. The average Bonchev–Trinajstić information content (AvgIpc) is 3.37. The Morgan fingerprint density at radius 2 is 2.15 bits per heavy atom. The van der Waals surface area contributed by atoms with Crippen LogP contribution >= 0.6 is 0 Å². The van der Waals surface area contributed by atoms with Gasteiger partial charge in [-0.15, -0.1) is 5.10 Å². The van der Waals surface area contributed by atoms with Crippen molar-refractivity contribution in [3.8, 4) is 11.8 Å². The predicted molar refractivity (Wildman–Crippen MR) is 99.3 cm³/mol. The van der Waals surface area contributed by atoms with Crippen molar-refractivity contribution in [1.29, 1.82) is 5.26 Å². The summed E-state index contributed by atoms with van der Waals surface area (Å²) in [4.78, 5) is 2.13. The second kappa shape index (κ2) is 7.48. The number of methoxy groups -OCH3 is 1. The molecular formula is C20H19N5O2. The monoisotopic (exact) mass is 361 g/mol. The quantitative estimate of drug-likeness (QED) is 0.695. The van der Waals surface area contributed by atoms with Crippen LogP contribution in [0.1, 0.15) is 23.0 Å². The van der Waals surface area contributed by atoms with Crippen LogP contribution in [0.4, 0.5) is 5.69 Å². The number of aromatic nitrogens is 3. The van der Waals surface area contributed by atoms with Crippen LogP contribution in [-0.2, 0) is 11.3 Å². The highest BCUT2D eigenvalue weighted by molar-refractivity contribution is 5.59. The molecule has 2 aromatic carbocycles. The second-order valence-corrected chi connectivity index (χ2v) is 6.24. The molecule has 4 rings (SSSR count). The SMILES string of the molecule is COc1ccccc1N1CCO[C@@H]1c1cn(Cc2cccc(C#N)c2)nn1. The number of nitriles is 1. The topological polar surface area (TPSA) is 76.2 Å². The Labute approximate surface area is 157 Å². The average molecular weight is 361 g/mol. The van der Waals surface area contributed by atoms with Crippen molar-refractivity contribution in [3.05, 3.63) is 71.5 Å². The van der Waals surface area contributed by atoms with E-state index in [1.165, 1.54) is 0 Å². The smallest absolute Gasteiger partial charge is 0.177 e. The molecule has 1 aromatic heterocycles. The maximum absolute atomic E-state index is 9.04. The number of hydrogen-bond acceptors (Lipinski definition) is 6. The molecule has 7 nitrogen and oxygen atoms in total. The van der Waals surface area contributed by atoms with E-state index in [1.807, 2.05) is 48.7 Å². The van der Waals surface area contributed by atoms with E-state index in [-0.39, 0.29) is 6.23 Å². The third-order valence-electron chi connectivity index (χ3n) is 4.50. The normalized spacial score (nSPS) is 16.3. The van der Waals surface area contributed by atoms with E-state index in [9.17, 15) is 0 Å². The Hall–Kier alpha value is -3.37. The standard InChI is InChI=1S/C20H19N5O2/c1-26-19-8-3-2-7-18(19)25-9-10-27-20(25)17-14-24(23-22-17)13-16-6-4-5-15(11-16)12-21/h2-8,11,14,20H,9-10,13H2,1H3/t20-/m1/s1. The van der Waals surface area contributed by atoms with Crippen molar-refractivity contribution in [2.75, 3.05) is 25.2 Å². The van der Waals surface area contributed by atoms with Crippen LogP contribution < -0.4 is 9.64 Å². The minimum absolute atomic E-state index is 0.305. The summed E-state index contributed by atoms with van der Waals surface area (Å²) in [7, 11) is 1.66. The van der Waals surface area contributed by atoms with E-state index in [4.69, 9.17) is 14.7 Å². The summed E-state index contributed by atoms with van der Waals surface area (Å²) in [6.07, 6.45) is 1.58. The summed E-state index contributed by atoms with van der Waals surface area (Å²) < 4.78 is 13.2. The molecule has 0 unspecified atom stereocenters. The van der Waals surface area contributed by atoms with Crippen LogP contribution in [0.5, 0.6) is 5.75 Å². The fraction of sp³-hybridized carbons (Fsp3) is 0.250. The first-order chi connectivity index (χ1) is 13.3. The van der Waals surface area contributed by atoms with E-state index in [1.54, 1.807) is 17.9 Å². The molecule has 0 saturated carbocycles. The zero-order valence-electron chi connectivity index (χ0n) is 14.9. The summed E-state index contributed by atoms with van der Waals surface area (Å²) in [6.45, 7) is 1.91. The Bertz CT molecular complexity index is 978.